The number of furan rings is 1. The molecule has 0 aliphatic rings. The van der Waals surface area contributed by atoms with Crippen LogP contribution in [0.25, 0.3) is 22.2 Å². The predicted octanol–water partition coefficient (Wildman–Crippen LogP) is 6.49. The highest BCUT2D eigenvalue weighted by Crippen LogP contribution is 2.29. The van der Waals surface area contributed by atoms with E-state index in [1.54, 1.807) is 5.38 Å². The molecule has 0 bridgehead atoms. The lowest BCUT2D eigenvalue weighted by atomic mass is 10.1. The molecule has 2 heterocycles. The highest BCUT2D eigenvalue weighted by Gasteiger charge is 2.20. The van der Waals surface area contributed by atoms with Gasteiger partial charge in [0.1, 0.15) is 17.1 Å². The molecule has 5 aromatic rings. The number of hydrogen-bond donors (Lipinski definition) is 0. The van der Waals surface area contributed by atoms with E-state index in [4.69, 9.17) is 9.15 Å². The molecule has 0 aliphatic heterocycles. The molecule has 3 aromatic carbocycles. The van der Waals surface area contributed by atoms with Crippen molar-refractivity contribution in [3.05, 3.63) is 105 Å². The van der Waals surface area contributed by atoms with Crippen LogP contribution in [0.2, 0.25) is 0 Å². The van der Waals surface area contributed by atoms with E-state index in [2.05, 4.69) is 4.98 Å². The van der Waals surface area contributed by atoms with E-state index in [0.29, 0.717) is 22.4 Å². The number of benzene rings is 3. The van der Waals surface area contributed by atoms with Crippen molar-refractivity contribution >= 4 is 33.8 Å². The number of ether oxygens (including phenoxy) is 1. The van der Waals surface area contributed by atoms with E-state index in [-0.39, 0.29) is 22.2 Å². The van der Waals surface area contributed by atoms with E-state index in [9.17, 15) is 14.9 Å². The van der Waals surface area contributed by atoms with E-state index in [1.165, 1.54) is 35.6 Å². The Morgan fingerprint density at radius 2 is 1.72 bits per heavy atom. The number of rotatable bonds is 6. The molecule has 0 unspecified atom stereocenters. The molecule has 0 N–H and O–H groups in total. The topological polar surface area (TPSA) is 95.5 Å². The van der Waals surface area contributed by atoms with Crippen LogP contribution in [0, 0.1) is 10.1 Å². The number of aromatic nitrogens is 1. The van der Waals surface area contributed by atoms with Gasteiger partial charge < -0.3 is 9.15 Å². The number of ketones is 1. The molecule has 0 saturated carbocycles. The van der Waals surface area contributed by atoms with Gasteiger partial charge in [0.15, 0.2) is 10.8 Å². The Morgan fingerprint density at radius 1 is 0.969 bits per heavy atom. The first-order valence-electron chi connectivity index (χ1n) is 9.58. The lowest BCUT2D eigenvalue weighted by molar-refractivity contribution is -0.384. The van der Waals surface area contributed by atoms with Crippen molar-refractivity contribution in [1.82, 2.24) is 4.98 Å². The Labute approximate surface area is 185 Å². The standard InChI is InChI=1S/C24H14N2O5S/c27-23(22-13-16-12-17(26(28)29)8-11-21(16)31-22)24-25-20(14-32-24)15-6-9-19(10-7-15)30-18-4-2-1-3-5-18/h1-14H. The van der Waals surface area contributed by atoms with Gasteiger partial charge in [0, 0.05) is 28.5 Å². The molecule has 8 heteroatoms. The monoisotopic (exact) mass is 442 g/mol. The van der Waals surface area contributed by atoms with Gasteiger partial charge >= 0.3 is 0 Å². The summed E-state index contributed by atoms with van der Waals surface area (Å²) in [6.45, 7) is 0. The molecule has 7 nitrogen and oxygen atoms in total. The quantitative estimate of drug-likeness (QED) is 0.169. The second kappa shape index (κ2) is 8.09. The minimum atomic E-state index is -0.489. The second-order valence-electron chi connectivity index (χ2n) is 6.90. The van der Waals surface area contributed by atoms with Gasteiger partial charge in [-0.15, -0.1) is 11.3 Å². The Morgan fingerprint density at radius 3 is 2.47 bits per heavy atom. The molecule has 0 amide bonds. The lowest BCUT2D eigenvalue weighted by Crippen LogP contribution is -1.98. The number of carbonyl (C=O) groups excluding carboxylic acids is 1. The average Bonchev–Trinajstić information content (AvgIpc) is 3.47. The zero-order chi connectivity index (χ0) is 22.1. The minimum absolute atomic E-state index is 0.0616. The van der Waals surface area contributed by atoms with Crippen LogP contribution in [0.1, 0.15) is 15.6 Å². The predicted molar refractivity (Wildman–Crippen MR) is 120 cm³/mol. The SMILES string of the molecule is O=C(c1cc2cc([N+](=O)[O-])ccc2o1)c1nc(-c2ccc(Oc3ccccc3)cc2)cs1. The molecule has 0 saturated heterocycles. The van der Waals surface area contributed by atoms with Crippen LogP contribution in [-0.2, 0) is 0 Å². The van der Waals surface area contributed by atoms with Crippen LogP contribution in [0.3, 0.4) is 0 Å². The number of nitro benzene ring substituents is 1. The smallest absolute Gasteiger partial charge is 0.270 e. The maximum absolute atomic E-state index is 12.8. The first-order chi connectivity index (χ1) is 15.6. The van der Waals surface area contributed by atoms with Gasteiger partial charge in [-0.05, 0) is 48.5 Å². The number of nitrogens with zero attached hydrogens (tertiary/aromatic N) is 2. The van der Waals surface area contributed by atoms with E-state index >= 15 is 0 Å². The van der Waals surface area contributed by atoms with Crippen molar-refractivity contribution < 1.29 is 18.9 Å². The fourth-order valence-corrected chi connectivity index (χ4v) is 3.96. The molecule has 156 valence electrons. The Bertz CT molecular complexity index is 1440. The molecule has 0 spiro atoms. The van der Waals surface area contributed by atoms with Gasteiger partial charge in [-0.2, -0.15) is 0 Å². The molecule has 0 aliphatic carbocycles. The van der Waals surface area contributed by atoms with Crippen molar-refractivity contribution in [3.63, 3.8) is 0 Å². The highest BCUT2D eigenvalue weighted by atomic mass is 32.1. The van der Waals surface area contributed by atoms with Crippen molar-refractivity contribution in [2.75, 3.05) is 0 Å². The van der Waals surface area contributed by atoms with Gasteiger partial charge in [0.2, 0.25) is 0 Å². The van der Waals surface area contributed by atoms with Crippen LogP contribution < -0.4 is 4.74 Å². The van der Waals surface area contributed by atoms with Crippen LogP contribution >= 0.6 is 11.3 Å². The molecule has 0 atom stereocenters. The molecule has 0 fully saturated rings. The first kappa shape index (κ1) is 19.7. The van der Waals surface area contributed by atoms with Gasteiger partial charge in [0.25, 0.3) is 11.5 Å². The van der Waals surface area contributed by atoms with E-state index in [1.807, 2.05) is 54.6 Å². The molecule has 2 aromatic heterocycles. The van der Waals surface area contributed by atoms with E-state index < -0.39 is 4.92 Å². The Hall–Kier alpha value is -4.30. The number of nitro groups is 1. The summed E-state index contributed by atoms with van der Waals surface area (Å²) in [5.41, 5.74) is 1.86. The normalized spacial score (nSPS) is 10.9. The van der Waals surface area contributed by atoms with Crippen LogP contribution in [0.5, 0.6) is 11.5 Å². The van der Waals surface area contributed by atoms with Crippen LogP contribution in [-0.4, -0.2) is 15.7 Å². The summed E-state index contributed by atoms with van der Waals surface area (Å²) in [4.78, 5) is 27.7. The number of fused-ring (bicyclic) bond motifs is 1. The summed E-state index contributed by atoms with van der Waals surface area (Å²) < 4.78 is 11.4. The number of non-ortho nitro benzene ring substituents is 1. The summed E-state index contributed by atoms with van der Waals surface area (Å²) in [5, 5.41) is 13.5. The third-order valence-corrected chi connectivity index (χ3v) is 5.60. The van der Waals surface area contributed by atoms with Crippen molar-refractivity contribution in [1.29, 1.82) is 0 Å². The molecule has 5 rings (SSSR count). The Kier molecular flexibility index (Phi) is 4.97. The molecule has 0 radical (unpaired) electrons. The molecular weight excluding hydrogens is 428 g/mol. The third-order valence-electron chi connectivity index (χ3n) is 4.76. The summed E-state index contributed by atoms with van der Waals surface area (Å²) in [6.07, 6.45) is 0. The zero-order valence-corrected chi connectivity index (χ0v) is 17.2. The van der Waals surface area contributed by atoms with Crippen LogP contribution in [0.15, 0.2) is 88.7 Å². The van der Waals surface area contributed by atoms with Gasteiger partial charge in [-0.1, -0.05) is 18.2 Å². The molecule has 32 heavy (non-hydrogen) atoms. The second-order valence-corrected chi connectivity index (χ2v) is 7.75. The number of hydrogen-bond acceptors (Lipinski definition) is 7. The zero-order valence-electron chi connectivity index (χ0n) is 16.4. The summed E-state index contributed by atoms with van der Waals surface area (Å²) >= 11 is 1.21. The summed E-state index contributed by atoms with van der Waals surface area (Å²) in [6, 6.07) is 22.6. The van der Waals surface area contributed by atoms with Crippen molar-refractivity contribution in [2.45, 2.75) is 0 Å². The maximum Gasteiger partial charge on any atom is 0.270 e. The average molecular weight is 442 g/mol. The molecular formula is C24H14N2O5S. The summed E-state index contributed by atoms with van der Waals surface area (Å²) in [5.74, 6) is 1.16. The van der Waals surface area contributed by atoms with Crippen LogP contribution in [0.4, 0.5) is 5.69 Å². The fraction of sp³-hybridized carbons (Fsp3) is 0. The highest BCUT2D eigenvalue weighted by molar-refractivity contribution is 7.12. The number of para-hydroxylation sites is 1. The largest absolute Gasteiger partial charge is 0.457 e. The minimum Gasteiger partial charge on any atom is -0.457 e. The van der Waals surface area contributed by atoms with Gasteiger partial charge in [-0.3, -0.25) is 14.9 Å². The van der Waals surface area contributed by atoms with Crippen molar-refractivity contribution in [2.24, 2.45) is 0 Å². The first-order valence-corrected chi connectivity index (χ1v) is 10.5. The van der Waals surface area contributed by atoms with Gasteiger partial charge in [0.05, 0.1) is 10.6 Å². The van der Waals surface area contributed by atoms with Gasteiger partial charge in [-0.25, -0.2) is 4.98 Å². The maximum atomic E-state index is 12.8. The summed E-state index contributed by atoms with van der Waals surface area (Å²) in [7, 11) is 0. The van der Waals surface area contributed by atoms with E-state index in [0.717, 1.165) is 11.3 Å². The fourth-order valence-electron chi connectivity index (χ4n) is 3.19. The van der Waals surface area contributed by atoms with Crippen molar-refractivity contribution in [3.8, 4) is 22.8 Å². The lowest BCUT2D eigenvalue weighted by Gasteiger charge is -2.05. The number of carbonyl (C=O) groups is 1. The Balaban J connectivity index is 1.35. The number of thiazole rings is 1. The third kappa shape index (κ3) is 3.86.